The van der Waals surface area contributed by atoms with Crippen LogP contribution in [-0.4, -0.2) is 29.4 Å². The van der Waals surface area contributed by atoms with Crippen molar-refractivity contribution in [3.63, 3.8) is 0 Å². The first kappa shape index (κ1) is 17.7. The van der Waals surface area contributed by atoms with Gasteiger partial charge >= 0.3 is 0 Å². The number of nitrogens with one attached hydrogen (secondary N) is 2. The highest BCUT2D eigenvalue weighted by Gasteiger charge is 2.17. The van der Waals surface area contributed by atoms with Crippen molar-refractivity contribution in [3.05, 3.63) is 36.2 Å². The Morgan fingerprint density at radius 1 is 1.33 bits per heavy atom. The fourth-order valence-electron chi connectivity index (χ4n) is 2.01. The summed E-state index contributed by atoms with van der Waals surface area (Å²) >= 11 is 0. The van der Waals surface area contributed by atoms with Crippen LogP contribution >= 0.6 is 0 Å². The molecule has 24 heavy (non-hydrogen) atoms. The van der Waals surface area contributed by atoms with Crippen LogP contribution in [0.25, 0.3) is 11.5 Å². The Morgan fingerprint density at radius 2 is 2.08 bits per heavy atom. The summed E-state index contributed by atoms with van der Waals surface area (Å²) in [6.07, 6.45) is 1.56. The highest BCUT2D eigenvalue weighted by Crippen LogP contribution is 2.21. The van der Waals surface area contributed by atoms with E-state index in [9.17, 15) is 9.59 Å². The maximum Gasteiger partial charge on any atom is 0.243 e. The van der Waals surface area contributed by atoms with E-state index in [1.807, 2.05) is 26.8 Å². The summed E-state index contributed by atoms with van der Waals surface area (Å²) in [6, 6.07) is 6.50. The first-order valence-electron chi connectivity index (χ1n) is 7.72. The summed E-state index contributed by atoms with van der Waals surface area (Å²) in [5.74, 6) is -0.182. The Bertz CT molecular complexity index is 724. The number of carbonyl (C=O) groups is 2. The minimum Gasteiger partial charge on any atom is -0.444 e. The van der Waals surface area contributed by atoms with Crippen LogP contribution in [0.1, 0.15) is 19.5 Å². The maximum atomic E-state index is 12.0. The number of anilines is 1. The Kier molecular flexibility index (Phi) is 5.70. The van der Waals surface area contributed by atoms with Gasteiger partial charge in [-0.1, -0.05) is 19.9 Å². The Balaban J connectivity index is 1.94. The summed E-state index contributed by atoms with van der Waals surface area (Å²) < 4.78 is 5.34. The topological polar surface area (TPSA) is 110 Å². The van der Waals surface area contributed by atoms with Gasteiger partial charge in [0.05, 0.1) is 18.3 Å². The minimum atomic E-state index is -0.630. The van der Waals surface area contributed by atoms with Crippen LogP contribution in [0.3, 0.4) is 0 Å². The third-order valence-electron chi connectivity index (χ3n) is 3.46. The lowest BCUT2D eigenvalue weighted by molar-refractivity contribution is -0.125. The Hall–Kier alpha value is -2.67. The molecule has 0 saturated heterocycles. The molecular formula is C17H22N4O3. The standard InChI is InChI=1S/C17H22N4O3/c1-10(2)15(18)16(23)19-8-14(22)21-13-6-4-5-12(7-13)17-20-11(3)9-24-17/h4-7,9-10,15H,8,18H2,1-3H3,(H,19,23)(H,21,22)/t15-/m0/s1. The van der Waals surface area contributed by atoms with Crippen LogP contribution in [0.15, 0.2) is 34.9 Å². The summed E-state index contributed by atoms with van der Waals surface area (Å²) in [6.45, 7) is 5.39. The van der Waals surface area contributed by atoms with Crippen molar-refractivity contribution in [2.24, 2.45) is 11.7 Å². The van der Waals surface area contributed by atoms with Crippen LogP contribution in [0.2, 0.25) is 0 Å². The zero-order valence-electron chi connectivity index (χ0n) is 14.0. The third-order valence-corrected chi connectivity index (χ3v) is 3.46. The van der Waals surface area contributed by atoms with Gasteiger partial charge in [-0.25, -0.2) is 4.98 Å². The first-order valence-corrected chi connectivity index (χ1v) is 7.72. The zero-order valence-corrected chi connectivity index (χ0v) is 14.0. The summed E-state index contributed by atoms with van der Waals surface area (Å²) in [4.78, 5) is 27.9. The molecule has 128 valence electrons. The van der Waals surface area contributed by atoms with Gasteiger partial charge in [-0.15, -0.1) is 0 Å². The van der Waals surface area contributed by atoms with Gasteiger partial charge in [-0.2, -0.15) is 0 Å². The van der Waals surface area contributed by atoms with Crippen molar-refractivity contribution in [2.45, 2.75) is 26.8 Å². The van der Waals surface area contributed by atoms with Crippen LogP contribution in [-0.2, 0) is 9.59 Å². The summed E-state index contributed by atoms with van der Waals surface area (Å²) in [5, 5.41) is 5.25. The van der Waals surface area contributed by atoms with Gasteiger partial charge in [0.25, 0.3) is 0 Å². The number of rotatable bonds is 6. The number of hydrogen-bond acceptors (Lipinski definition) is 5. The normalized spacial score (nSPS) is 12.0. The average Bonchev–Trinajstić information content (AvgIpc) is 2.98. The molecule has 0 unspecified atom stereocenters. The number of carbonyl (C=O) groups excluding carboxylic acids is 2. The number of aryl methyl sites for hydroxylation is 1. The second-order valence-corrected chi connectivity index (χ2v) is 5.91. The van der Waals surface area contributed by atoms with Gasteiger partial charge < -0.3 is 20.8 Å². The number of amides is 2. The van der Waals surface area contributed by atoms with Gasteiger partial charge in [0.1, 0.15) is 6.26 Å². The quantitative estimate of drug-likeness (QED) is 0.746. The molecule has 0 aliphatic rings. The van der Waals surface area contributed by atoms with E-state index >= 15 is 0 Å². The molecule has 2 amide bonds. The van der Waals surface area contributed by atoms with Crippen molar-refractivity contribution in [1.82, 2.24) is 10.3 Å². The smallest absolute Gasteiger partial charge is 0.243 e. The SMILES string of the molecule is Cc1coc(-c2cccc(NC(=O)CNC(=O)[C@@H](N)C(C)C)c2)n1. The average molecular weight is 330 g/mol. The molecule has 2 aromatic rings. The second kappa shape index (κ2) is 7.74. The van der Waals surface area contributed by atoms with E-state index in [2.05, 4.69) is 15.6 Å². The molecule has 0 aliphatic heterocycles. The monoisotopic (exact) mass is 330 g/mol. The van der Waals surface area contributed by atoms with E-state index in [4.69, 9.17) is 10.2 Å². The highest BCUT2D eigenvalue weighted by molar-refractivity contribution is 5.95. The van der Waals surface area contributed by atoms with Crippen molar-refractivity contribution in [1.29, 1.82) is 0 Å². The predicted molar refractivity (Wildman–Crippen MR) is 91.1 cm³/mol. The lowest BCUT2D eigenvalue weighted by Gasteiger charge is -2.15. The molecule has 1 aromatic heterocycles. The number of benzene rings is 1. The van der Waals surface area contributed by atoms with E-state index in [-0.39, 0.29) is 24.3 Å². The molecule has 0 bridgehead atoms. The Morgan fingerprint density at radius 3 is 2.71 bits per heavy atom. The van der Waals surface area contributed by atoms with Crippen molar-refractivity contribution in [3.8, 4) is 11.5 Å². The lowest BCUT2D eigenvalue weighted by Crippen LogP contribution is -2.46. The fraction of sp³-hybridized carbons (Fsp3) is 0.353. The van der Waals surface area contributed by atoms with Gasteiger partial charge in [0, 0.05) is 11.3 Å². The van der Waals surface area contributed by atoms with Crippen LogP contribution < -0.4 is 16.4 Å². The molecule has 7 heteroatoms. The third kappa shape index (κ3) is 4.66. The van der Waals surface area contributed by atoms with E-state index < -0.39 is 6.04 Å². The number of aromatic nitrogens is 1. The van der Waals surface area contributed by atoms with E-state index in [0.29, 0.717) is 11.6 Å². The number of oxazole rings is 1. The highest BCUT2D eigenvalue weighted by atomic mass is 16.3. The first-order chi connectivity index (χ1) is 11.4. The molecule has 4 N–H and O–H groups in total. The van der Waals surface area contributed by atoms with Crippen LogP contribution in [0.5, 0.6) is 0 Å². The van der Waals surface area contributed by atoms with E-state index in [0.717, 1.165) is 11.3 Å². The molecule has 1 heterocycles. The minimum absolute atomic E-state index is 0.00833. The van der Waals surface area contributed by atoms with Gasteiger partial charge in [-0.05, 0) is 31.0 Å². The largest absolute Gasteiger partial charge is 0.444 e. The molecule has 0 saturated carbocycles. The van der Waals surface area contributed by atoms with E-state index in [1.165, 1.54) is 0 Å². The van der Waals surface area contributed by atoms with Gasteiger partial charge in [0.15, 0.2) is 0 Å². The van der Waals surface area contributed by atoms with Crippen molar-refractivity contribution < 1.29 is 14.0 Å². The number of nitrogens with zero attached hydrogens (tertiary/aromatic N) is 1. The fourth-order valence-corrected chi connectivity index (χ4v) is 2.01. The maximum absolute atomic E-state index is 12.0. The second-order valence-electron chi connectivity index (χ2n) is 5.91. The van der Waals surface area contributed by atoms with Crippen LogP contribution in [0.4, 0.5) is 5.69 Å². The van der Waals surface area contributed by atoms with Gasteiger partial charge in [-0.3, -0.25) is 9.59 Å². The number of hydrogen-bond donors (Lipinski definition) is 3. The molecule has 0 spiro atoms. The molecule has 0 fully saturated rings. The molecule has 0 aliphatic carbocycles. The molecular weight excluding hydrogens is 308 g/mol. The van der Waals surface area contributed by atoms with Crippen molar-refractivity contribution in [2.75, 3.05) is 11.9 Å². The summed E-state index contributed by atoms with van der Waals surface area (Å²) in [7, 11) is 0. The van der Waals surface area contributed by atoms with Crippen molar-refractivity contribution >= 4 is 17.5 Å². The molecule has 7 nitrogen and oxygen atoms in total. The Labute approximate surface area is 140 Å². The molecule has 1 aromatic carbocycles. The molecule has 0 radical (unpaired) electrons. The lowest BCUT2D eigenvalue weighted by atomic mass is 10.1. The zero-order chi connectivity index (χ0) is 17.7. The molecule has 2 rings (SSSR count). The summed E-state index contributed by atoms with van der Waals surface area (Å²) in [5.41, 5.74) is 7.85. The van der Waals surface area contributed by atoms with Crippen LogP contribution in [0, 0.1) is 12.8 Å². The predicted octanol–water partition coefficient (Wildman–Crippen LogP) is 1.69. The number of nitrogens with two attached hydrogens (primary N) is 1. The van der Waals surface area contributed by atoms with Gasteiger partial charge in [0.2, 0.25) is 17.7 Å². The van der Waals surface area contributed by atoms with E-state index in [1.54, 1.807) is 24.5 Å². The molecule has 1 atom stereocenters.